The molecule has 1 amide bonds. The summed E-state index contributed by atoms with van der Waals surface area (Å²) >= 11 is 6.06. The highest BCUT2D eigenvalue weighted by Crippen LogP contribution is 2.31. The fourth-order valence-corrected chi connectivity index (χ4v) is 2.82. The van der Waals surface area contributed by atoms with Gasteiger partial charge in [0.05, 0.1) is 18.5 Å². The van der Waals surface area contributed by atoms with Crippen molar-refractivity contribution in [2.24, 2.45) is 7.05 Å². The van der Waals surface area contributed by atoms with Crippen molar-refractivity contribution in [3.05, 3.63) is 45.3 Å². The van der Waals surface area contributed by atoms with Gasteiger partial charge in [-0.2, -0.15) is 0 Å². The number of aryl methyl sites for hydroxylation is 1. The van der Waals surface area contributed by atoms with Crippen molar-refractivity contribution in [2.75, 3.05) is 19.0 Å². The molecule has 0 saturated heterocycles. The molecule has 0 aliphatic heterocycles. The lowest BCUT2D eigenvalue weighted by molar-refractivity contribution is 0.0955. The first kappa shape index (κ1) is 17.8. The first-order chi connectivity index (χ1) is 12.4. The number of fused-ring (bicyclic) bond motifs is 1. The van der Waals surface area contributed by atoms with Gasteiger partial charge in [0.1, 0.15) is 16.3 Å². The van der Waals surface area contributed by atoms with Gasteiger partial charge < -0.3 is 15.4 Å². The normalized spacial score (nSPS) is 10.8. The Kier molecular flexibility index (Phi) is 4.85. The van der Waals surface area contributed by atoms with E-state index < -0.39 is 0 Å². The Bertz CT molecular complexity index is 1040. The van der Waals surface area contributed by atoms with Gasteiger partial charge in [-0.3, -0.25) is 19.4 Å². The Hall–Kier alpha value is -3.00. The smallest absolute Gasteiger partial charge is 0.277 e. The molecule has 26 heavy (non-hydrogen) atoms. The molecule has 0 spiro atoms. The van der Waals surface area contributed by atoms with Gasteiger partial charge in [0, 0.05) is 19.2 Å². The molecule has 1 aromatic carbocycles. The van der Waals surface area contributed by atoms with Crippen LogP contribution in [0.3, 0.4) is 0 Å². The SMILES string of the molecule is CCNC(=O)c1ccc(Nc2cc(Cl)nc3[nH]n(C)c(=O)c23)c(OC)c1. The zero-order chi connectivity index (χ0) is 18.8. The average molecular weight is 376 g/mol. The molecule has 3 N–H and O–H groups in total. The maximum absolute atomic E-state index is 12.3. The van der Waals surface area contributed by atoms with Crippen LogP contribution >= 0.6 is 11.6 Å². The van der Waals surface area contributed by atoms with Crippen molar-refractivity contribution in [3.8, 4) is 5.75 Å². The highest BCUT2D eigenvalue weighted by atomic mass is 35.5. The Morgan fingerprint density at radius 1 is 1.35 bits per heavy atom. The maximum atomic E-state index is 12.3. The first-order valence-electron chi connectivity index (χ1n) is 7.93. The Labute approximate surface area is 154 Å². The van der Waals surface area contributed by atoms with E-state index in [2.05, 4.69) is 20.7 Å². The van der Waals surface area contributed by atoms with Gasteiger partial charge in [-0.1, -0.05) is 11.6 Å². The summed E-state index contributed by atoms with van der Waals surface area (Å²) in [7, 11) is 3.11. The molecule has 0 saturated carbocycles. The Morgan fingerprint density at radius 3 is 2.81 bits per heavy atom. The number of hydrogen-bond donors (Lipinski definition) is 3. The van der Waals surface area contributed by atoms with Crippen LogP contribution in [0.2, 0.25) is 5.15 Å². The molecule has 3 rings (SSSR count). The maximum Gasteiger partial charge on any atom is 0.277 e. The number of benzene rings is 1. The Morgan fingerprint density at radius 2 is 2.12 bits per heavy atom. The van der Waals surface area contributed by atoms with E-state index in [-0.39, 0.29) is 16.6 Å². The molecule has 9 heteroatoms. The number of halogens is 1. The predicted octanol–water partition coefficient (Wildman–Crippen LogP) is 2.42. The van der Waals surface area contributed by atoms with Crippen molar-refractivity contribution in [2.45, 2.75) is 6.92 Å². The van der Waals surface area contributed by atoms with Crippen molar-refractivity contribution in [3.63, 3.8) is 0 Å². The lowest BCUT2D eigenvalue weighted by atomic mass is 10.1. The highest BCUT2D eigenvalue weighted by Gasteiger charge is 2.15. The number of nitrogens with one attached hydrogen (secondary N) is 3. The van der Waals surface area contributed by atoms with Crippen LogP contribution in [-0.4, -0.2) is 34.3 Å². The van der Waals surface area contributed by atoms with E-state index in [9.17, 15) is 9.59 Å². The molecular weight excluding hydrogens is 358 g/mol. The summed E-state index contributed by atoms with van der Waals surface area (Å²) < 4.78 is 6.71. The summed E-state index contributed by atoms with van der Waals surface area (Å²) in [6.45, 7) is 2.38. The number of nitrogens with zero attached hydrogens (tertiary/aromatic N) is 2. The standard InChI is InChI=1S/C17H18ClN5O3/c1-4-19-16(24)9-5-6-10(12(7-9)26-3)20-11-8-13(18)21-15-14(11)17(25)23(2)22-15/h5-8H,4H2,1-3H3,(H,19,24)(H2,20,21,22). The van der Waals surface area contributed by atoms with E-state index in [4.69, 9.17) is 16.3 Å². The second-order valence-electron chi connectivity index (χ2n) is 5.59. The molecule has 0 atom stereocenters. The number of ether oxygens (including phenoxy) is 1. The lowest BCUT2D eigenvalue weighted by Crippen LogP contribution is -2.22. The van der Waals surface area contributed by atoms with Crippen LogP contribution in [0, 0.1) is 0 Å². The molecule has 8 nitrogen and oxygen atoms in total. The molecule has 0 radical (unpaired) electrons. The lowest BCUT2D eigenvalue weighted by Gasteiger charge is -2.13. The van der Waals surface area contributed by atoms with E-state index in [0.717, 1.165) is 0 Å². The number of pyridine rings is 1. The van der Waals surface area contributed by atoms with Crippen LogP contribution in [0.25, 0.3) is 11.0 Å². The number of aromatic nitrogens is 3. The third kappa shape index (κ3) is 3.23. The molecule has 0 aliphatic carbocycles. The van der Waals surface area contributed by atoms with Crippen LogP contribution in [0.4, 0.5) is 11.4 Å². The van der Waals surface area contributed by atoms with Crippen molar-refractivity contribution in [1.82, 2.24) is 20.1 Å². The monoisotopic (exact) mass is 375 g/mol. The third-order valence-electron chi connectivity index (χ3n) is 3.85. The average Bonchev–Trinajstić information content (AvgIpc) is 2.89. The summed E-state index contributed by atoms with van der Waals surface area (Å²) in [5.41, 5.74) is 1.71. The van der Waals surface area contributed by atoms with Gasteiger partial charge in [0.2, 0.25) is 0 Å². The quantitative estimate of drug-likeness (QED) is 0.594. The van der Waals surface area contributed by atoms with E-state index in [0.29, 0.717) is 40.3 Å². The van der Waals surface area contributed by atoms with E-state index in [1.165, 1.54) is 11.8 Å². The highest BCUT2D eigenvalue weighted by molar-refractivity contribution is 6.30. The number of anilines is 2. The molecular formula is C17H18ClN5O3. The van der Waals surface area contributed by atoms with Gasteiger partial charge in [-0.05, 0) is 31.2 Å². The minimum Gasteiger partial charge on any atom is -0.495 e. The van der Waals surface area contributed by atoms with Crippen LogP contribution in [0.5, 0.6) is 5.75 Å². The zero-order valence-electron chi connectivity index (χ0n) is 14.5. The number of methoxy groups -OCH3 is 1. The summed E-state index contributed by atoms with van der Waals surface area (Å²) in [6, 6.07) is 6.57. The molecule has 3 aromatic rings. The van der Waals surface area contributed by atoms with Crippen LogP contribution in [-0.2, 0) is 7.05 Å². The number of rotatable bonds is 5. The minimum absolute atomic E-state index is 0.189. The number of hydrogen-bond acceptors (Lipinski definition) is 5. The minimum atomic E-state index is -0.232. The zero-order valence-corrected chi connectivity index (χ0v) is 15.3. The summed E-state index contributed by atoms with van der Waals surface area (Å²) in [6.07, 6.45) is 0. The van der Waals surface area contributed by atoms with Gasteiger partial charge in [0.25, 0.3) is 11.5 Å². The molecule has 0 fully saturated rings. The molecule has 0 bridgehead atoms. The molecule has 0 aliphatic rings. The fourth-order valence-electron chi connectivity index (χ4n) is 2.63. The molecule has 2 aromatic heterocycles. The molecule has 2 heterocycles. The van der Waals surface area contributed by atoms with Gasteiger partial charge >= 0.3 is 0 Å². The second kappa shape index (κ2) is 7.09. The summed E-state index contributed by atoms with van der Waals surface area (Å²) in [5, 5.41) is 9.34. The van der Waals surface area contributed by atoms with Crippen molar-refractivity contribution in [1.29, 1.82) is 0 Å². The number of carbonyl (C=O) groups excluding carboxylic acids is 1. The van der Waals surface area contributed by atoms with Gasteiger partial charge in [0.15, 0.2) is 5.65 Å². The summed E-state index contributed by atoms with van der Waals surface area (Å²) in [4.78, 5) is 28.5. The predicted molar refractivity (Wildman–Crippen MR) is 101 cm³/mol. The molecule has 0 unspecified atom stereocenters. The van der Waals surface area contributed by atoms with E-state index in [1.807, 2.05) is 6.92 Å². The van der Waals surface area contributed by atoms with Gasteiger partial charge in [-0.25, -0.2) is 4.98 Å². The van der Waals surface area contributed by atoms with E-state index in [1.54, 1.807) is 31.3 Å². The van der Waals surface area contributed by atoms with Crippen LogP contribution < -0.4 is 20.9 Å². The Balaban J connectivity index is 2.05. The van der Waals surface area contributed by atoms with Crippen molar-refractivity contribution < 1.29 is 9.53 Å². The molecule has 136 valence electrons. The number of H-pyrrole nitrogens is 1. The third-order valence-corrected chi connectivity index (χ3v) is 4.04. The second-order valence-corrected chi connectivity index (χ2v) is 5.98. The fraction of sp³-hybridized carbons (Fsp3) is 0.235. The largest absolute Gasteiger partial charge is 0.495 e. The number of amides is 1. The van der Waals surface area contributed by atoms with Crippen LogP contribution in [0.15, 0.2) is 29.1 Å². The first-order valence-corrected chi connectivity index (χ1v) is 8.31. The van der Waals surface area contributed by atoms with Crippen LogP contribution in [0.1, 0.15) is 17.3 Å². The topological polar surface area (TPSA) is 101 Å². The van der Waals surface area contributed by atoms with Crippen molar-refractivity contribution >= 4 is 39.9 Å². The number of aromatic amines is 1. The van der Waals surface area contributed by atoms with Gasteiger partial charge in [-0.15, -0.1) is 0 Å². The number of carbonyl (C=O) groups is 1. The van der Waals surface area contributed by atoms with E-state index >= 15 is 0 Å². The summed E-state index contributed by atoms with van der Waals surface area (Å²) in [5.74, 6) is 0.272.